The Balaban J connectivity index is 0.00000312. The van der Waals surface area contributed by atoms with E-state index in [0.717, 1.165) is 5.56 Å². The highest BCUT2D eigenvalue weighted by atomic mass is 127. The van der Waals surface area contributed by atoms with E-state index >= 15 is 0 Å². The van der Waals surface area contributed by atoms with Crippen molar-refractivity contribution in [3.05, 3.63) is 59.3 Å². The molecule has 0 aliphatic carbocycles. The standard InChI is InChI=1S/C18H24FN3O2.HI/c1-4-20-17(21-11-14-7-8-15(19)13(2)10-14)22-12-18(3,23)16-6-5-9-24-16;/h5-10,23H,4,11-12H2,1-3H3,(H2,20,21,22);1H. The molecule has 5 nitrogen and oxygen atoms in total. The number of hydrogen-bond donors (Lipinski definition) is 3. The van der Waals surface area contributed by atoms with Crippen LogP contribution in [-0.4, -0.2) is 24.2 Å². The van der Waals surface area contributed by atoms with E-state index in [1.165, 1.54) is 12.3 Å². The molecule has 0 aliphatic heterocycles. The van der Waals surface area contributed by atoms with E-state index in [9.17, 15) is 9.50 Å². The first kappa shape index (κ1) is 21.4. The first-order valence-electron chi connectivity index (χ1n) is 7.96. The number of furan rings is 1. The molecule has 2 aromatic rings. The fourth-order valence-electron chi connectivity index (χ4n) is 2.25. The van der Waals surface area contributed by atoms with E-state index in [0.29, 0.717) is 30.4 Å². The molecule has 1 aromatic carbocycles. The molecule has 138 valence electrons. The molecule has 1 aromatic heterocycles. The Morgan fingerprint density at radius 1 is 1.32 bits per heavy atom. The third kappa shape index (κ3) is 6.32. The van der Waals surface area contributed by atoms with Gasteiger partial charge in [-0.25, -0.2) is 9.38 Å². The molecule has 0 saturated carbocycles. The molecule has 0 amide bonds. The number of guanidine groups is 1. The van der Waals surface area contributed by atoms with Crippen LogP contribution in [0.5, 0.6) is 0 Å². The summed E-state index contributed by atoms with van der Waals surface area (Å²) in [6.07, 6.45) is 1.53. The highest BCUT2D eigenvalue weighted by molar-refractivity contribution is 14.0. The lowest BCUT2D eigenvalue weighted by atomic mass is 10.0. The number of halogens is 2. The summed E-state index contributed by atoms with van der Waals surface area (Å²) >= 11 is 0. The second kappa shape index (κ2) is 9.76. The zero-order valence-electron chi connectivity index (χ0n) is 14.7. The molecular weight excluding hydrogens is 436 g/mol. The first-order chi connectivity index (χ1) is 11.4. The van der Waals surface area contributed by atoms with Gasteiger partial charge in [0, 0.05) is 6.54 Å². The molecule has 25 heavy (non-hydrogen) atoms. The molecule has 3 N–H and O–H groups in total. The van der Waals surface area contributed by atoms with Gasteiger partial charge < -0.3 is 20.2 Å². The minimum Gasteiger partial charge on any atom is -0.466 e. The summed E-state index contributed by atoms with van der Waals surface area (Å²) in [6, 6.07) is 8.41. The quantitative estimate of drug-likeness (QED) is 0.351. The molecule has 0 radical (unpaired) electrons. The number of aryl methyl sites for hydroxylation is 1. The van der Waals surface area contributed by atoms with Crippen molar-refractivity contribution in [3.63, 3.8) is 0 Å². The van der Waals surface area contributed by atoms with Crippen molar-refractivity contribution >= 4 is 29.9 Å². The van der Waals surface area contributed by atoms with Crippen LogP contribution in [0.15, 0.2) is 46.0 Å². The maximum absolute atomic E-state index is 13.3. The molecule has 0 bridgehead atoms. The van der Waals surface area contributed by atoms with Crippen LogP contribution in [0.4, 0.5) is 4.39 Å². The van der Waals surface area contributed by atoms with Gasteiger partial charge in [-0.2, -0.15) is 0 Å². The predicted molar refractivity (Wildman–Crippen MR) is 108 cm³/mol. The van der Waals surface area contributed by atoms with Crippen LogP contribution < -0.4 is 10.6 Å². The van der Waals surface area contributed by atoms with Gasteiger partial charge in [0.1, 0.15) is 17.2 Å². The van der Waals surface area contributed by atoms with Crippen molar-refractivity contribution in [1.29, 1.82) is 0 Å². The summed E-state index contributed by atoms with van der Waals surface area (Å²) < 4.78 is 18.6. The third-order valence-corrected chi connectivity index (χ3v) is 3.64. The van der Waals surface area contributed by atoms with Crippen molar-refractivity contribution in [2.75, 3.05) is 13.1 Å². The molecule has 2 rings (SSSR count). The Morgan fingerprint density at radius 3 is 2.68 bits per heavy atom. The van der Waals surface area contributed by atoms with Gasteiger partial charge in [0.15, 0.2) is 5.96 Å². The average molecular weight is 461 g/mol. The second-order valence-electron chi connectivity index (χ2n) is 5.88. The molecule has 0 saturated heterocycles. The van der Waals surface area contributed by atoms with Crippen LogP contribution in [0.3, 0.4) is 0 Å². The lowest BCUT2D eigenvalue weighted by Crippen LogP contribution is -2.44. The molecule has 0 spiro atoms. The summed E-state index contributed by atoms with van der Waals surface area (Å²) in [7, 11) is 0. The van der Waals surface area contributed by atoms with Gasteiger partial charge in [0.25, 0.3) is 0 Å². The number of rotatable bonds is 6. The van der Waals surface area contributed by atoms with E-state index in [2.05, 4.69) is 15.6 Å². The summed E-state index contributed by atoms with van der Waals surface area (Å²) in [5, 5.41) is 16.7. The molecule has 1 unspecified atom stereocenters. The van der Waals surface area contributed by atoms with Gasteiger partial charge in [0.05, 0.1) is 19.4 Å². The van der Waals surface area contributed by atoms with Gasteiger partial charge in [-0.05, 0) is 50.1 Å². The van der Waals surface area contributed by atoms with Crippen LogP contribution in [0.1, 0.15) is 30.7 Å². The number of hydrogen-bond acceptors (Lipinski definition) is 3. The van der Waals surface area contributed by atoms with Gasteiger partial charge in [-0.3, -0.25) is 0 Å². The molecule has 7 heteroatoms. The van der Waals surface area contributed by atoms with Gasteiger partial charge >= 0.3 is 0 Å². The van der Waals surface area contributed by atoms with Gasteiger partial charge in [-0.1, -0.05) is 12.1 Å². The topological polar surface area (TPSA) is 69.8 Å². The highest BCUT2D eigenvalue weighted by Gasteiger charge is 2.26. The van der Waals surface area contributed by atoms with Crippen molar-refractivity contribution in [2.45, 2.75) is 32.9 Å². The fraction of sp³-hybridized carbons (Fsp3) is 0.389. The first-order valence-corrected chi connectivity index (χ1v) is 7.96. The van der Waals surface area contributed by atoms with Crippen LogP contribution in [0.25, 0.3) is 0 Å². The molecule has 0 aliphatic rings. The minimum atomic E-state index is -1.15. The molecule has 1 atom stereocenters. The Morgan fingerprint density at radius 2 is 2.08 bits per heavy atom. The highest BCUT2D eigenvalue weighted by Crippen LogP contribution is 2.19. The molecular formula is C18H25FIN3O2. The predicted octanol–water partition coefficient (Wildman–Crippen LogP) is 3.31. The maximum Gasteiger partial charge on any atom is 0.191 e. The Bertz CT molecular complexity index is 688. The van der Waals surface area contributed by atoms with Crippen molar-refractivity contribution in [3.8, 4) is 0 Å². The zero-order valence-corrected chi connectivity index (χ0v) is 17.0. The summed E-state index contributed by atoms with van der Waals surface area (Å²) in [6.45, 7) is 6.72. The van der Waals surface area contributed by atoms with Crippen LogP contribution in [-0.2, 0) is 12.1 Å². The summed E-state index contributed by atoms with van der Waals surface area (Å²) in [4.78, 5) is 4.47. The number of aliphatic imine (C=N–C) groups is 1. The summed E-state index contributed by atoms with van der Waals surface area (Å²) in [5.74, 6) is 0.841. The zero-order chi connectivity index (χ0) is 17.6. The number of nitrogens with one attached hydrogen (secondary N) is 2. The SMILES string of the molecule is CCNC(=NCc1ccc(F)c(C)c1)NCC(C)(O)c1ccco1.I. The Kier molecular flexibility index (Phi) is 8.37. The van der Waals surface area contributed by atoms with E-state index < -0.39 is 5.60 Å². The van der Waals surface area contributed by atoms with Crippen LogP contribution in [0.2, 0.25) is 0 Å². The third-order valence-electron chi connectivity index (χ3n) is 3.64. The molecule has 1 heterocycles. The van der Waals surface area contributed by atoms with Crippen molar-refractivity contribution in [1.82, 2.24) is 10.6 Å². The lowest BCUT2D eigenvalue weighted by molar-refractivity contribution is 0.0386. The van der Waals surface area contributed by atoms with E-state index in [1.54, 1.807) is 38.1 Å². The Hall–Kier alpha value is -1.61. The lowest BCUT2D eigenvalue weighted by Gasteiger charge is -2.22. The molecule has 0 fully saturated rings. The van der Waals surface area contributed by atoms with Gasteiger partial charge in [-0.15, -0.1) is 24.0 Å². The van der Waals surface area contributed by atoms with Gasteiger partial charge in [0.2, 0.25) is 0 Å². The maximum atomic E-state index is 13.3. The normalized spacial score (nSPS) is 13.7. The smallest absolute Gasteiger partial charge is 0.191 e. The number of nitrogens with zero attached hydrogens (tertiary/aromatic N) is 1. The van der Waals surface area contributed by atoms with E-state index in [1.807, 2.05) is 6.92 Å². The van der Waals surface area contributed by atoms with Crippen LogP contribution >= 0.6 is 24.0 Å². The van der Waals surface area contributed by atoms with Crippen molar-refractivity contribution < 1.29 is 13.9 Å². The second-order valence-corrected chi connectivity index (χ2v) is 5.88. The largest absolute Gasteiger partial charge is 0.466 e. The monoisotopic (exact) mass is 461 g/mol. The fourth-order valence-corrected chi connectivity index (χ4v) is 2.25. The van der Waals surface area contributed by atoms with E-state index in [-0.39, 0.29) is 36.3 Å². The van der Waals surface area contributed by atoms with E-state index in [4.69, 9.17) is 4.42 Å². The average Bonchev–Trinajstić information content (AvgIpc) is 3.09. The Labute approximate surface area is 164 Å². The van der Waals surface area contributed by atoms with Crippen molar-refractivity contribution in [2.24, 2.45) is 4.99 Å². The summed E-state index contributed by atoms with van der Waals surface area (Å²) in [5.41, 5.74) is 0.372. The number of benzene rings is 1. The number of aliphatic hydroxyl groups is 1. The minimum absolute atomic E-state index is 0. The van der Waals surface area contributed by atoms with Crippen LogP contribution in [0, 0.1) is 12.7 Å².